The maximum atomic E-state index is 10.2. The van der Waals surface area contributed by atoms with Crippen molar-refractivity contribution < 1.29 is 4.79 Å². The first-order chi connectivity index (χ1) is 6.88. The predicted molar refractivity (Wildman–Crippen MR) is 59.4 cm³/mol. The van der Waals surface area contributed by atoms with E-state index in [-0.39, 0.29) is 0 Å². The minimum absolute atomic E-state index is 0.621. The van der Waals surface area contributed by atoms with Gasteiger partial charge in [0.1, 0.15) is 6.29 Å². The Hall–Kier alpha value is -1.11. The fourth-order valence-electron chi connectivity index (χ4n) is 1.78. The van der Waals surface area contributed by atoms with E-state index in [2.05, 4.69) is 31.2 Å². The van der Waals surface area contributed by atoms with Gasteiger partial charge in [-0.1, -0.05) is 37.3 Å². The van der Waals surface area contributed by atoms with E-state index in [0.717, 1.165) is 25.5 Å². The van der Waals surface area contributed by atoms with E-state index in [9.17, 15) is 4.79 Å². The highest BCUT2D eigenvalue weighted by atomic mass is 16.1. The Kier molecular flexibility index (Phi) is 4.98. The van der Waals surface area contributed by atoms with Crippen LogP contribution in [0, 0.1) is 0 Å². The van der Waals surface area contributed by atoms with Crippen molar-refractivity contribution in [2.24, 2.45) is 0 Å². The molecule has 0 saturated heterocycles. The van der Waals surface area contributed by atoms with E-state index < -0.39 is 0 Å². The second-order valence-corrected chi connectivity index (χ2v) is 3.61. The van der Waals surface area contributed by atoms with Crippen LogP contribution in [0.4, 0.5) is 0 Å². The maximum absolute atomic E-state index is 10.2. The Balaban J connectivity index is 2.50. The van der Waals surface area contributed by atoms with Gasteiger partial charge in [-0.25, -0.2) is 0 Å². The van der Waals surface area contributed by atoms with Gasteiger partial charge in [0.2, 0.25) is 0 Å². The molecular formula is C13H18O. The Morgan fingerprint density at radius 3 is 2.57 bits per heavy atom. The third-order valence-corrected chi connectivity index (χ3v) is 2.64. The van der Waals surface area contributed by atoms with Gasteiger partial charge in [0.15, 0.2) is 0 Å². The number of aldehydes is 1. The molecular weight excluding hydrogens is 172 g/mol. The molecule has 1 aromatic rings. The standard InChI is InChI=1S/C13H18O/c1-2-12(8-6-7-11-14)13-9-4-3-5-10-13/h3-5,9-12H,2,6-8H2,1H3. The van der Waals surface area contributed by atoms with E-state index in [1.54, 1.807) is 0 Å². The van der Waals surface area contributed by atoms with Crippen LogP contribution >= 0.6 is 0 Å². The molecule has 0 heterocycles. The summed E-state index contributed by atoms with van der Waals surface area (Å²) in [7, 11) is 0. The monoisotopic (exact) mass is 190 g/mol. The SMILES string of the molecule is CCC(CCCC=O)c1ccccc1. The van der Waals surface area contributed by atoms with E-state index in [4.69, 9.17) is 0 Å². The highest BCUT2D eigenvalue weighted by molar-refractivity contribution is 5.49. The summed E-state index contributed by atoms with van der Waals surface area (Å²) in [5, 5.41) is 0. The topological polar surface area (TPSA) is 17.1 Å². The van der Waals surface area contributed by atoms with Crippen molar-refractivity contribution in [3.63, 3.8) is 0 Å². The van der Waals surface area contributed by atoms with Gasteiger partial charge in [0.25, 0.3) is 0 Å². The van der Waals surface area contributed by atoms with Crippen molar-refractivity contribution in [1.82, 2.24) is 0 Å². The number of carbonyl (C=O) groups is 1. The number of carbonyl (C=O) groups excluding carboxylic acids is 1. The van der Waals surface area contributed by atoms with Crippen LogP contribution < -0.4 is 0 Å². The van der Waals surface area contributed by atoms with Crippen LogP contribution in [-0.2, 0) is 4.79 Å². The van der Waals surface area contributed by atoms with Gasteiger partial charge in [-0.3, -0.25) is 0 Å². The molecule has 1 aromatic carbocycles. The van der Waals surface area contributed by atoms with Crippen LogP contribution in [0.25, 0.3) is 0 Å². The Morgan fingerprint density at radius 2 is 2.00 bits per heavy atom. The molecule has 14 heavy (non-hydrogen) atoms. The zero-order valence-electron chi connectivity index (χ0n) is 8.78. The fourth-order valence-corrected chi connectivity index (χ4v) is 1.78. The molecule has 0 fully saturated rings. The van der Waals surface area contributed by atoms with Crippen molar-refractivity contribution in [2.45, 2.75) is 38.5 Å². The number of benzene rings is 1. The van der Waals surface area contributed by atoms with Crippen molar-refractivity contribution in [3.8, 4) is 0 Å². The maximum Gasteiger partial charge on any atom is 0.119 e. The van der Waals surface area contributed by atoms with Crippen molar-refractivity contribution in [2.75, 3.05) is 0 Å². The molecule has 1 unspecified atom stereocenters. The molecule has 0 N–H and O–H groups in total. The van der Waals surface area contributed by atoms with Crippen molar-refractivity contribution in [1.29, 1.82) is 0 Å². The van der Waals surface area contributed by atoms with Gasteiger partial charge in [0, 0.05) is 6.42 Å². The molecule has 0 aliphatic heterocycles. The molecule has 76 valence electrons. The van der Waals surface area contributed by atoms with Crippen molar-refractivity contribution in [3.05, 3.63) is 35.9 Å². The highest BCUT2D eigenvalue weighted by Gasteiger charge is 2.07. The van der Waals surface area contributed by atoms with Crippen LogP contribution in [0.15, 0.2) is 30.3 Å². The van der Waals surface area contributed by atoms with Gasteiger partial charge in [0.05, 0.1) is 0 Å². The van der Waals surface area contributed by atoms with Crippen LogP contribution in [0.1, 0.15) is 44.1 Å². The summed E-state index contributed by atoms with van der Waals surface area (Å²) >= 11 is 0. The molecule has 0 saturated carbocycles. The molecule has 0 radical (unpaired) electrons. The fraction of sp³-hybridized carbons (Fsp3) is 0.462. The third-order valence-electron chi connectivity index (χ3n) is 2.64. The molecule has 0 amide bonds. The first-order valence-corrected chi connectivity index (χ1v) is 5.37. The summed E-state index contributed by atoms with van der Waals surface area (Å²) in [4.78, 5) is 10.2. The summed E-state index contributed by atoms with van der Waals surface area (Å²) in [5.41, 5.74) is 1.40. The Morgan fingerprint density at radius 1 is 1.29 bits per heavy atom. The van der Waals surface area contributed by atoms with E-state index in [1.165, 1.54) is 5.56 Å². The minimum atomic E-state index is 0.621. The predicted octanol–water partition coefficient (Wildman–Crippen LogP) is 3.55. The molecule has 0 spiro atoms. The molecule has 0 aliphatic carbocycles. The highest BCUT2D eigenvalue weighted by Crippen LogP contribution is 2.24. The number of hydrogen-bond acceptors (Lipinski definition) is 1. The third kappa shape index (κ3) is 3.33. The summed E-state index contributed by atoms with van der Waals surface area (Å²) < 4.78 is 0. The van der Waals surface area contributed by atoms with Gasteiger partial charge in [-0.2, -0.15) is 0 Å². The van der Waals surface area contributed by atoms with E-state index in [0.29, 0.717) is 12.3 Å². The van der Waals surface area contributed by atoms with Crippen LogP contribution in [0.5, 0.6) is 0 Å². The summed E-state index contributed by atoms with van der Waals surface area (Å²) in [5.74, 6) is 0.621. The summed E-state index contributed by atoms with van der Waals surface area (Å²) in [6, 6.07) is 10.6. The zero-order valence-corrected chi connectivity index (χ0v) is 8.78. The molecule has 1 nitrogen and oxygen atoms in total. The lowest BCUT2D eigenvalue weighted by atomic mass is 9.91. The zero-order chi connectivity index (χ0) is 10.2. The lowest BCUT2D eigenvalue weighted by molar-refractivity contribution is -0.107. The summed E-state index contributed by atoms with van der Waals surface area (Å²) in [6.45, 7) is 2.21. The number of rotatable bonds is 6. The van der Waals surface area contributed by atoms with E-state index in [1.807, 2.05) is 6.07 Å². The first kappa shape index (κ1) is 11.0. The molecule has 0 bridgehead atoms. The first-order valence-electron chi connectivity index (χ1n) is 5.37. The molecule has 1 heteroatoms. The van der Waals surface area contributed by atoms with Gasteiger partial charge < -0.3 is 4.79 Å². The average Bonchev–Trinajstić information content (AvgIpc) is 2.26. The molecule has 1 atom stereocenters. The van der Waals surface area contributed by atoms with Crippen LogP contribution in [0.3, 0.4) is 0 Å². The average molecular weight is 190 g/mol. The van der Waals surface area contributed by atoms with Crippen LogP contribution in [-0.4, -0.2) is 6.29 Å². The number of hydrogen-bond donors (Lipinski definition) is 0. The Labute approximate surface area is 86.1 Å². The summed E-state index contributed by atoms with van der Waals surface area (Å²) in [6.07, 6.45) is 5.00. The minimum Gasteiger partial charge on any atom is -0.303 e. The second kappa shape index (κ2) is 6.36. The largest absolute Gasteiger partial charge is 0.303 e. The van der Waals surface area contributed by atoms with Gasteiger partial charge >= 0.3 is 0 Å². The van der Waals surface area contributed by atoms with Crippen LogP contribution in [0.2, 0.25) is 0 Å². The molecule has 1 rings (SSSR count). The normalized spacial score (nSPS) is 12.4. The lowest BCUT2D eigenvalue weighted by Gasteiger charge is -2.14. The number of unbranched alkanes of at least 4 members (excludes halogenated alkanes) is 1. The van der Waals surface area contributed by atoms with Gasteiger partial charge in [-0.15, -0.1) is 0 Å². The smallest absolute Gasteiger partial charge is 0.119 e. The van der Waals surface area contributed by atoms with E-state index >= 15 is 0 Å². The lowest BCUT2D eigenvalue weighted by Crippen LogP contribution is -1.97. The Bertz CT molecular complexity index is 253. The second-order valence-electron chi connectivity index (χ2n) is 3.61. The van der Waals surface area contributed by atoms with Crippen molar-refractivity contribution >= 4 is 6.29 Å². The molecule has 0 aromatic heterocycles. The quantitative estimate of drug-likeness (QED) is 0.495. The molecule has 0 aliphatic rings. The van der Waals surface area contributed by atoms with Gasteiger partial charge in [-0.05, 0) is 30.7 Å².